The molecule has 2 amide bonds. The molecule has 0 saturated heterocycles. The summed E-state index contributed by atoms with van der Waals surface area (Å²) in [7, 11) is -3.81. The van der Waals surface area contributed by atoms with Crippen molar-refractivity contribution in [3.05, 3.63) is 79.1 Å². The van der Waals surface area contributed by atoms with E-state index in [2.05, 4.69) is 15.6 Å². The van der Waals surface area contributed by atoms with E-state index in [4.69, 9.17) is 4.74 Å². The van der Waals surface area contributed by atoms with Crippen molar-refractivity contribution in [3.8, 4) is 11.1 Å². The van der Waals surface area contributed by atoms with Gasteiger partial charge >= 0.3 is 6.09 Å². The molecule has 0 spiro atoms. The Morgan fingerprint density at radius 1 is 0.949 bits per heavy atom. The molecule has 4 rings (SSSR count). The second kappa shape index (κ2) is 10.9. The van der Waals surface area contributed by atoms with Crippen LogP contribution in [0, 0.1) is 5.92 Å². The zero-order valence-electron chi connectivity index (χ0n) is 22.5. The fraction of sp³-hybridized carbons (Fsp3) is 0.276. The van der Waals surface area contributed by atoms with Crippen molar-refractivity contribution < 1.29 is 22.7 Å². The van der Waals surface area contributed by atoms with Crippen LogP contribution in [-0.4, -0.2) is 41.0 Å². The van der Waals surface area contributed by atoms with Gasteiger partial charge in [0.2, 0.25) is 5.91 Å². The average Bonchev–Trinajstić information content (AvgIpc) is 3.32. The van der Waals surface area contributed by atoms with Crippen LogP contribution in [0.3, 0.4) is 0 Å². The van der Waals surface area contributed by atoms with Gasteiger partial charge in [-0.25, -0.2) is 22.2 Å². The molecule has 2 N–H and O–H groups in total. The van der Waals surface area contributed by atoms with Crippen LogP contribution in [0.2, 0.25) is 0 Å². The third-order valence-electron chi connectivity index (χ3n) is 5.94. The van der Waals surface area contributed by atoms with Gasteiger partial charge in [0, 0.05) is 23.5 Å². The Hall–Kier alpha value is -4.18. The monoisotopic (exact) mass is 548 g/mol. The fourth-order valence-corrected chi connectivity index (χ4v) is 5.41. The third kappa shape index (κ3) is 6.28. The highest BCUT2D eigenvalue weighted by atomic mass is 32.2. The summed E-state index contributed by atoms with van der Waals surface area (Å²) in [6, 6.07) is 18.1. The Balaban J connectivity index is 1.55. The number of hydrogen-bond donors (Lipinski definition) is 2. The number of aromatic nitrogens is 2. The smallest absolute Gasteiger partial charge is 0.408 e. The van der Waals surface area contributed by atoms with Crippen molar-refractivity contribution >= 4 is 38.7 Å². The van der Waals surface area contributed by atoms with Crippen molar-refractivity contribution in [2.75, 3.05) is 5.32 Å². The molecular weight excluding hydrogens is 516 g/mol. The second-order valence-electron chi connectivity index (χ2n) is 10.5. The van der Waals surface area contributed by atoms with E-state index < -0.39 is 27.8 Å². The van der Waals surface area contributed by atoms with Gasteiger partial charge in [-0.15, -0.1) is 0 Å². The minimum atomic E-state index is -3.81. The standard InChI is InChI=1S/C29H32N4O5S/c1-19(2)25(32-28(35)38-29(3,4)5)27(34)31-21-13-11-20(12-14-21)23-15-17-30-26-24(23)16-18-33(26)39(36,37)22-9-7-6-8-10-22/h6-19,25H,1-5H3,(H,31,34)(H,32,35)/t25-/m0/s1. The minimum absolute atomic E-state index is 0.168. The number of nitrogens with zero attached hydrogens (tertiary/aromatic N) is 2. The van der Waals surface area contributed by atoms with Gasteiger partial charge in [0.15, 0.2) is 5.65 Å². The van der Waals surface area contributed by atoms with Crippen LogP contribution in [0.4, 0.5) is 10.5 Å². The predicted octanol–water partition coefficient (Wildman–Crippen LogP) is 5.43. The second-order valence-corrected chi connectivity index (χ2v) is 12.3. The number of amides is 2. The first-order valence-electron chi connectivity index (χ1n) is 12.5. The summed E-state index contributed by atoms with van der Waals surface area (Å²) in [6.07, 6.45) is 2.41. The van der Waals surface area contributed by atoms with E-state index in [1.165, 1.54) is 10.2 Å². The number of benzene rings is 2. The average molecular weight is 549 g/mol. The Bertz CT molecular complexity index is 1590. The van der Waals surface area contributed by atoms with Gasteiger partial charge in [-0.2, -0.15) is 0 Å². The number of nitrogens with one attached hydrogen (secondary N) is 2. The maximum Gasteiger partial charge on any atom is 0.408 e. The molecular formula is C29H32N4O5S. The normalized spacial score (nSPS) is 12.8. The summed E-state index contributed by atoms with van der Waals surface area (Å²) >= 11 is 0. The molecule has 0 aliphatic heterocycles. The zero-order valence-corrected chi connectivity index (χ0v) is 23.3. The number of anilines is 1. The predicted molar refractivity (Wildman–Crippen MR) is 151 cm³/mol. The van der Waals surface area contributed by atoms with E-state index in [0.29, 0.717) is 16.7 Å². The zero-order chi connectivity index (χ0) is 28.4. The van der Waals surface area contributed by atoms with Gasteiger partial charge in [0.1, 0.15) is 11.6 Å². The van der Waals surface area contributed by atoms with Crippen LogP contribution in [0.15, 0.2) is 84.0 Å². The molecule has 204 valence electrons. The van der Waals surface area contributed by atoms with Gasteiger partial charge in [-0.05, 0) is 74.2 Å². The Labute approximate surface area is 228 Å². The quantitative estimate of drug-likeness (QED) is 0.318. The van der Waals surface area contributed by atoms with Crippen molar-refractivity contribution in [1.29, 1.82) is 0 Å². The van der Waals surface area contributed by atoms with E-state index in [9.17, 15) is 18.0 Å². The first-order valence-corrected chi connectivity index (χ1v) is 14.0. The molecule has 0 bridgehead atoms. The summed E-state index contributed by atoms with van der Waals surface area (Å²) in [5, 5.41) is 6.17. The van der Waals surface area contributed by atoms with Crippen LogP contribution >= 0.6 is 0 Å². The maximum absolute atomic E-state index is 13.2. The van der Waals surface area contributed by atoms with E-state index in [1.807, 2.05) is 32.0 Å². The molecule has 0 radical (unpaired) electrons. The van der Waals surface area contributed by atoms with Crippen molar-refractivity contribution in [2.24, 2.45) is 5.92 Å². The van der Waals surface area contributed by atoms with E-state index in [-0.39, 0.29) is 16.7 Å². The molecule has 9 nitrogen and oxygen atoms in total. The molecule has 10 heteroatoms. The van der Waals surface area contributed by atoms with Gasteiger partial charge in [-0.3, -0.25) is 4.79 Å². The lowest BCUT2D eigenvalue weighted by Gasteiger charge is -2.25. The summed E-state index contributed by atoms with van der Waals surface area (Å²) < 4.78 is 32.9. The highest BCUT2D eigenvalue weighted by molar-refractivity contribution is 7.90. The maximum atomic E-state index is 13.2. The van der Waals surface area contributed by atoms with Crippen LogP contribution in [0.25, 0.3) is 22.2 Å². The summed E-state index contributed by atoms with van der Waals surface area (Å²) in [4.78, 5) is 29.7. The summed E-state index contributed by atoms with van der Waals surface area (Å²) in [5.74, 6) is -0.531. The van der Waals surface area contributed by atoms with Gasteiger partial charge in [-0.1, -0.05) is 44.2 Å². The van der Waals surface area contributed by atoms with Crippen molar-refractivity contribution in [3.63, 3.8) is 0 Å². The molecule has 2 aromatic heterocycles. The van der Waals surface area contributed by atoms with Gasteiger partial charge < -0.3 is 15.4 Å². The molecule has 0 aliphatic carbocycles. The Morgan fingerprint density at radius 3 is 2.23 bits per heavy atom. The summed E-state index contributed by atoms with van der Waals surface area (Å²) in [6.45, 7) is 8.94. The third-order valence-corrected chi connectivity index (χ3v) is 7.62. The van der Waals surface area contributed by atoms with Crippen LogP contribution in [0.1, 0.15) is 34.6 Å². The first-order chi connectivity index (χ1) is 18.4. The van der Waals surface area contributed by atoms with Gasteiger partial charge in [0.05, 0.1) is 4.90 Å². The molecule has 0 fully saturated rings. The van der Waals surface area contributed by atoms with E-state index >= 15 is 0 Å². The number of fused-ring (bicyclic) bond motifs is 1. The van der Waals surface area contributed by atoms with Crippen molar-refractivity contribution in [1.82, 2.24) is 14.3 Å². The minimum Gasteiger partial charge on any atom is -0.444 e. The fourth-order valence-electron chi connectivity index (χ4n) is 4.09. The number of carbonyl (C=O) groups is 2. The van der Waals surface area contributed by atoms with Crippen LogP contribution in [-0.2, 0) is 19.6 Å². The molecule has 0 aliphatic rings. The number of ether oxygens (including phenoxy) is 1. The molecule has 0 saturated carbocycles. The number of alkyl carbamates (subject to hydrolysis) is 1. The largest absolute Gasteiger partial charge is 0.444 e. The number of carbonyl (C=O) groups excluding carboxylic acids is 2. The molecule has 39 heavy (non-hydrogen) atoms. The molecule has 1 atom stereocenters. The van der Waals surface area contributed by atoms with Crippen LogP contribution in [0.5, 0.6) is 0 Å². The molecule has 4 aromatic rings. The number of pyridine rings is 1. The van der Waals surface area contributed by atoms with E-state index in [0.717, 1.165) is 11.1 Å². The molecule has 2 aromatic carbocycles. The summed E-state index contributed by atoms with van der Waals surface area (Å²) in [5.41, 5.74) is 1.81. The molecule has 2 heterocycles. The van der Waals surface area contributed by atoms with Crippen molar-refractivity contribution in [2.45, 2.75) is 51.2 Å². The molecule has 0 unspecified atom stereocenters. The topological polar surface area (TPSA) is 119 Å². The number of rotatable bonds is 7. The lowest BCUT2D eigenvalue weighted by molar-refractivity contribution is -0.119. The number of hydrogen-bond acceptors (Lipinski definition) is 6. The van der Waals surface area contributed by atoms with Gasteiger partial charge in [0.25, 0.3) is 10.0 Å². The highest BCUT2D eigenvalue weighted by Gasteiger charge is 2.27. The first kappa shape index (κ1) is 27.8. The Morgan fingerprint density at radius 2 is 1.62 bits per heavy atom. The lowest BCUT2D eigenvalue weighted by atomic mass is 10.0. The van der Waals surface area contributed by atoms with Crippen LogP contribution < -0.4 is 10.6 Å². The Kier molecular flexibility index (Phi) is 7.78. The highest BCUT2D eigenvalue weighted by Crippen LogP contribution is 2.31. The SMILES string of the molecule is CC(C)[C@H](NC(=O)OC(C)(C)C)C(=O)Nc1ccc(-c2ccnc3c2ccn3S(=O)(=O)c2ccccc2)cc1. The lowest BCUT2D eigenvalue weighted by Crippen LogP contribution is -2.48. The van der Waals surface area contributed by atoms with E-state index in [1.54, 1.807) is 75.5 Å².